The smallest absolute Gasteiger partial charge is 0.206 e. The number of rotatable bonds is 4. The third-order valence-corrected chi connectivity index (χ3v) is 5.37. The van der Waals surface area contributed by atoms with E-state index in [1.807, 2.05) is 0 Å². The van der Waals surface area contributed by atoms with Crippen LogP contribution < -0.4 is 4.13 Å². The summed E-state index contributed by atoms with van der Waals surface area (Å²) in [5, 5.41) is 0. The van der Waals surface area contributed by atoms with E-state index < -0.39 is 47.9 Å². The first-order valence-corrected chi connectivity index (χ1v) is 7.90. The molecule has 0 amide bonds. The minimum Gasteiger partial charge on any atom is -0.206 e. The Hall–Kier alpha value is -1.60. The van der Waals surface area contributed by atoms with Gasteiger partial charge >= 0.3 is 21.6 Å². The van der Waals surface area contributed by atoms with Gasteiger partial charge in [0.2, 0.25) is 0 Å². The molecule has 124 valence electrons. The Morgan fingerprint density at radius 2 is 1.36 bits per heavy atom. The molecule has 0 unspecified atom stereocenters. The average molecular weight is 369 g/mol. The molecule has 0 atom stereocenters. The topological polar surface area (TPSA) is 80.3 Å². The van der Waals surface area contributed by atoms with E-state index in [4.69, 9.17) is 0 Å². The van der Waals surface area contributed by atoms with Crippen LogP contribution in [0.2, 0.25) is 0 Å². The van der Waals surface area contributed by atoms with Gasteiger partial charge in [0.1, 0.15) is 0 Å². The molecule has 22 heavy (non-hydrogen) atoms. The van der Waals surface area contributed by atoms with Crippen molar-refractivity contribution in [2.45, 2.75) is 10.4 Å². The molecule has 0 saturated carbocycles. The number of nitrogens with one attached hydrogen (secondary N) is 1. The lowest BCUT2D eigenvalue weighted by Crippen LogP contribution is -2.40. The predicted octanol–water partition coefficient (Wildman–Crippen LogP) is 2.35. The molecule has 5 nitrogen and oxygen atoms in total. The first-order chi connectivity index (χ1) is 9.78. The molecule has 0 aliphatic heterocycles. The highest BCUT2D eigenvalue weighted by atomic mass is 32.3. The highest BCUT2D eigenvalue weighted by Gasteiger charge is 2.48. The quantitative estimate of drug-likeness (QED) is 0.827. The number of benzene rings is 1. The summed E-state index contributed by atoms with van der Waals surface area (Å²) in [5.41, 5.74) is -6.61. The summed E-state index contributed by atoms with van der Waals surface area (Å²) in [6, 6.07) is 1.99. The molecule has 0 spiro atoms. The Bertz CT molecular complexity index is 792. The Labute approximate surface area is 120 Å². The summed E-state index contributed by atoms with van der Waals surface area (Å²) in [7, 11) is -11.3. The number of alkyl halides is 3. The van der Waals surface area contributed by atoms with E-state index in [2.05, 4.69) is 0 Å². The van der Waals surface area contributed by atoms with Crippen LogP contribution in [0.25, 0.3) is 5.83 Å². The maximum Gasteiger partial charge on any atom is 0.512 e. The van der Waals surface area contributed by atoms with Crippen LogP contribution in [0.4, 0.5) is 26.3 Å². The zero-order valence-corrected chi connectivity index (χ0v) is 11.7. The summed E-state index contributed by atoms with van der Waals surface area (Å²) in [6.45, 7) is 0. The fourth-order valence-electron chi connectivity index (χ4n) is 1.13. The molecule has 0 aromatic heterocycles. The highest BCUT2D eigenvalue weighted by Crippen LogP contribution is 2.25. The molecule has 0 saturated heterocycles. The molecule has 0 aliphatic rings. The van der Waals surface area contributed by atoms with E-state index in [0.717, 1.165) is 0 Å². The molecule has 1 aromatic carbocycles. The number of hydrogen-bond donors (Lipinski definition) is 1. The molecule has 0 radical (unpaired) electrons. The Morgan fingerprint density at radius 1 is 0.909 bits per heavy atom. The molecule has 13 heteroatoms. The molecule has 1 aromatic rings. The third-order valence-electron chi connectivity index (χ3n) is 2.11. The van der Waals surface area contributed by atoms with E-state index in [1.165, 1.54) is 0 Å². The maximum absolute atomic E-state index is 12.8. The predicted molar refractivity (Wildman–Crippen MR) is 62.0 cm³/mol. The zero-order valence-electron chi connectivity index (χ0n) is 10.0. The van der Waals surface area contributed by atoms with Crippen molar-refractivity contribution < 1.29 is 43.2 Å². The highest BCUT2D eigenvalue weighted by molar-refractivity contribution is 8.05. The lowest BCUT2D eigenvalue weighted by molar-refractivity contribution is -0.0441. The fourth-order valence-corrected chi connectivity index (χ4v) is 3.54. The van der Waals surface area contributed by atoms with E-state index in [-0.39, 0.29) is 0 Å². The lowest BCUT2D eigenvalue weighted by Gasteiger charge is -2.10. The van der Waals surface area contributed by atoms with Crippen molar-refractivity contribution in [2.24, 2.45) is 0 Å². The van der Waals surface area contributed by atoms with Gasteiger partial charge in [-0.15, -0.1) is 0 Å². The van der Waals surface area contributed by atoms with Crippen molar-refractivity contribution in [3.05, 3.63) is 35.9 Å². The van der Waals surface area contributed by atoms with E-state index in [0.29, 0.717) is 28.4 Å². The van der Waals surface area contributed by atoms with Crippen molar-refractivity contribution in [3.8, 4) is 0 Å². The molecule has 1 N–H and O–H groups in total. The van der Waals surface area contributed by atoms with Crippen LogP contribution >= 0.6 is 0 Å². The molecule has 1 rings (SSSR count). The van der Waals surface area contributed by atoms with Gasteiger partial charge in [-0.05, 0) is 12.1 Å². The van der Waals surface area contributed by atoms with Gasteiger partial charge in [0.25, 0.3) is 10.0 Å². The van der Waals surface area contributed by atoms with Crippen molar-refractivity contribution in [2.75, 3.05) is 0 Å². The summed E-state index contributed by atoms with van der Waals surface area (Å²) in [6.07, 6.45) is -2.69. The average Bonchev–Trinajstić information content (AvgIpc) is 2.35. The van der Waals surface area contributed by atoms with Gasteiger partial charge in [-0.25, -0.2) is 21.2 Å². The van der Waals surface area contributed by atoms with E-state index >= 15 is 0 Å². The van der Waals surface area contributed by atoms with Crippen LogP contribution in [0, 0.1) is 0 Å². The zero-order chi connectivity index (χ0) is 17.3. The minimum absolute atomic E-state index is 0.426. The summed E-state index contributed by atoms with van der Waals surface area (Å²) in [4.78, 5) is -0.990. The van der Waals surface area contributed by atoms with Crippen LogP contribution in [0.1, 0.15) is 5.56 Å². The second-order valence-corrected chi connectivity index (χ2v) is 7.25. The summed E-state index contributed by atoms with van der Waals surface area (Å²) >= 11 is 0. The largest absolute Gasteiger partial charge is 0.512 e. The first kappa shape index (κ1) is 18.4. The van der Waals surface area contributed by atoms with Gasteiger partial charge in [0, 0.05) is 5.56 Å². The Balaban J connectivity index is 3.19. The van der Waals surface area contributed by atoms with Gasteiger partial charge in [-0.3, -0.25) is 0 Å². The van der Waals surface area contributed by atoms with Gasteiger partial charge < -0.3 is 0 Å². The summed E-state index contributed by atoms with van der Waals surface area (Å²) in [5.74, 6) is -1.96. The minimum atomic E-state index is -6.18. The van der Waals surface area contributed by atoms with Gasteiger partial charge in [-0.1, -0.05) is 16.3 Å². The normalized spacial score (nSPS) is 13.0. The van der Waals surface area contributed by atoms with Crippen molar-refractivity contribution in [1.82, 2.24) is 4.13 Å². The SMILES string of the molecule is O=S(=O)(NS(=O)(=O)C(F)(F)F)c1ccc(C(F)=C(F)F)cc1. The molecule has 0 heterocycles. The van der Waals surface area contributed by atoms with Gasteiger partial charge in [-0.2, -0.15) is 22.0 Å². The lowest BCUT2D eigenvalue weighted by atomic mass is 10.2. The molecular weight excluding hydrogens is 364 g/mol. The number of halogens is 6. The molecule has 0 bridgehead atoms. The van der Waals surface area contributed by atoms with Crippen LogP contribution in [0.15, 0.2) is 35.2 Å². The second-order valence-electron chi connectivity index (χ2n) is 3.63. The Kier molecular flexibility index (Phi) is 4.94. The number of hydrogen-bond acceptors (Lipinski definition) is 4. The van der Waals surface area contributed by atoms with E-state index in [1.54, 1.807) is 0 Å². The van der Waals surface area contributed by atoms with Crippen LogP contribution in [0.3, 0.4) is 0 Å². The molecule has 0 fully saturated rings. The summed E-state index contributed by atoms with van der Waals surface area (Å²) < 4.78 is 118. The van der Waals surface area contributed by atoms with Crippen LogP contribution in [-0.4, -0.2) is 22.3 Å². The van der Waals surface area contributed by atoms with Gasteiger partial charge in [0.05, 0.1) is 4.90 Å². The van der Waals surface area contributed by atoms with Crippen molar-refractivity contribution in [1.29, 1.82) is 0 Å². The Morgan fingerprint density at radius 3 is 1.73 bits per heavy atom. The van der Waals surface area contributed by atoms with Crippen molar-refractivity contribution >= 4 is 25.9 Å². The van der Waals surface area contributed by atoms with Crippen LogP contribution in [0.5, 0.6) is 0 Å². The maximum atomic E-state index is 12.8. The third kappa shape index (κ3) is 3.98. The number of sulfonamides is 2. The van der Waals surface area contributed by atoms with Crippen molar-refractivity contribution in [3.63, 3.8) is 0 Å². The second kappa shape index (κ2) is 5.89. The molecular formula is C9H5F6NO4S2. The van der Waals surface area contributed by atoms with Crippen LogP contribution in [-0.2, 0) is 20.0 Å². The fraction of sp³-hybridized carbons (Fsp3) is 0.111. The molecule has 0 aliphatic carbocycles. The standard InChI is InChI=1S/C9H5F6NO4S2/c10-7(8(11)12)5-1-3-6(4-2-5)21(17,18)16-22(19,20)9(13,14)15/h1-4,16H. The van der Waals surface area contributed by atoms with E-state index in [9.17, 15) is 43.2 Å². The monoisotopic (exact) mass is 369 g/mol. The first-order valence-electron chi connectivity index (χ1n) is 4.94. The van der Waals surface area contributed by atoms with Gasteiger partial charge in [0.15, 0.2) is 5.83 Å².